The number of halogens is 1. The Kier molecular flexibility index (Phi) is 8.18. The van der Waals surface area contributed by atoms with Crippen LogP contribution in [0.4, 0.5) is 10.1 Å². The zero-order valence-electron chi connectivity index (χ0n) is 22.4. The third-order valence-electron chi connectivity index (χ3n) is 7.64. The summed E-state index contributed by atoms with van der Waals surface area (Å²) < 4.78 is 21.6. The van der Waals surface area contributed by atoms with Crippen molar-refractivity contribution in [2.75, 3.05) is 44.7 Å². The number of nitrogens with zero attached hydrogens (tertiary/aromatic N) is 3. The highest BCUT2D eigenvalue weighted by atomic mass is 32.1. The Balaban J connectivity index is 1.32. The van der Waals surface area contributed by atoms with Crippen LogP contribution in [0.2, 0.25) is 0 Å². The topological polar surface area (TPSA) is 75.0 Å². The first-order chi connectivity index (χ1) is 18.9. The average Bonchev–Trinajstić information content (AvgIpc) is 3.42. The molecule has 39 heavy (non-hydrogen) atoms. The molecule has 2 aromatic carbocycles. The Hall–Kier alpha value is -3.43. The number of pyridine rings is 1. The first-order valence-corrected chi connectivity index (χ1v) is 14.4. The van der Waals surface area contributed by atoms with Crippen molar-refractivity contribution in [3.05, 3.63) is 69.6 Å². The second-order valence-electron chi connectivity index (χ2n) is 10.1. The number of ether oxygens (including phenoxy) is 1. The molecule has 1 unspecified atom stereocenters. The first kappa shape index (κ1) is 27.1. The molecule has 0 bridgehead atoms. The molecule has 3 heterocycles. The first-order valence-electron chi connectivity index (χ1n) is 13.5. The molecule has 5 rings (SSSR count). The highest BCUT2D eigenvalue weighted by molar-refractivity contribution is 7.17. The third-order valence-corrected chi connectivity index (χ3v) is 8.51. The van der Waals surface area contributed by atoms with Gasteiger partial charge in [-0.2, -0.15) is 0 Å². The number of aromatic hydroxyl groups is 1. The molecular weight excluding hydrogens is 517 g/mol. The minimum absolute atomic E-state index is 0.199. The number of carbonyl (C=O) groups is 1. The molecule has 4 aromatic rings. The largest absolute Gasteiger partial charge is 0.503 e. The van der Waals surface area contributed by atoms with Gasteiger partial charge in [0.15, 0.2) is 5.75 Å². The fourth-order valence-corrected chi connectivity index (χ4v) is 6.32. The molecule has 7 nitrogen and oxygen atoms in total. The molecule has 0 radical (unpaired) electrons. The highest BCUT2D eigenvalue weighted by Gasteiger charge is 2.25. The Labute approximate surface area is 231 Å². The summed E-state index contributed by atoms with van der Waals surface area (Å²) in [5.74, 6) is -1.06. The fraction of sp³-hybridized carbons (Fsp3) is 0.400. The normalized spacial score (nSPS) is 15.2. The molecule has 2 aromatic heterocycles. The van der Waals surface area contributed by atoms with Gasteiger partial charge in [-0.25, -0.2) is 9.18 Å². The van der Waals surface area contributed by atoms with E-state index in [9.17, 15) is 19.1 Å². The van der Waals surface area contributed by atoms with Gasteiger partial charge in [-0.1, -0.05) is 31.9 Å². The van der Waals surface area contributed by atoms with E-state index in [4.69, 9.17) is 4.74 Å². The van der Waals surface area contributed by atoms with Crippen molar-refractivity contribution in [3.63, 3.8) is 0 Å². The zero-order valence-corrected chi connectivity index (χ0v) is 23.2. The number of anilines is 1. The van der Waals surface area contributed by atoms with Crippen LogP contribution in [0.5, 0.6) is 5.75 Å². The van der Waals surface area contributed by atoms with E-state index in [0.29, 0.717) is 17.3 Å². The van der Waals surface area contributed by atoms with E-state index in [1.807, 2.05) is 30.5 Å². The molecule has 1 atom stereocenters. The van der Waals surface area contributed by atoms with Crippen molar-refractivity contribution in [3.8, 4) is 5.75 Å². The van der Waals surface area contributed by atoms with Gasteiger partial charge in [0.25, 0.3) is 5.56 Å². The third kappa shape index (κ3) is 5.65. The lowest BCUT2D eigenvalue weighted by atomic mass is 10.0. The number of rotatable bonds is 9. The van der Waals surface area contributed by atoms with Gasteiger partial charge in [-0.3, -0.25) is 14.3 Å². The number of esters is 1. The number of methoxy groups -OCH3 is 1. The number of fused-ring (bicyclic) bond motifs is 2. The standard InChI is InChI=1S/C30H34FN3O4S/c1-3-4-5-24(30(37)38-2)34-25-16-20(6-7-21(25)17-27(35)29(34)36)8-10-32-11-13-33(14-12-32)26-18-22(31)19-28-23(26)9-15-39-28/h6-7,9,15-19,24,35H,3-5,8,10-14H2,1-2H3. The lowest BCUT2D eigenvalue weighted by Crippen LogP contribution is -2.47. The number of piperazine rings is 1. The second-order valence-corrected chi connectivity index (χ2v) is 11.1. The maximum absolute atomic E-state index is 14.2. The van der Waals surface area contributed by atoms with E-state index in [0.717, 1.165) is 73.3 Å². The lowest BCUT2D eigenvalue weighted by Gasteiger charge is -2.36. The van der Waals surface area contributed by atoms with Crippen molar-refractivity contribution < 1.29 is 19.0 Å². The Bertz CT molecular complexity index is 1540. The summed E-state index contributed by atoms with van der Waals surface area (Å²) in [6.45, 7) is 6.25. The maximum Gasteiger partial charge on any atom is 0.328 e. The molecule has 9 heteroatoms. The summed E-state index contributed by atoms with van der Waals surface area (Å²) in [4.78, 5) is 30.3. The van der Waals surface area contributed by atoms with Crippen molar-refractivity contribution >= 4 is 44.0 Å². The van der Waals surface area contributed by atoms with Gasteiger partial charge in [0.05, 0.1) is 12.6 Å². The van der Waals surface area contributed by atoms with E-state index in [1.54, 1.807) is 23.5 Å². The predicted molar refractivity (Wildman–Crippen MR) is 155 cm³/mol. The van der Waals surface area contributed by atoms with E-state index in [2.05, 4.69) is 15.9 Å². The van der Waals surface area contributed by atoms with Crippen LogP contribution in [0.15, 0.2) is 52.6 Å². The number of benzene rings is 2. The predicted octanol–water partition coefficient (Wildman–Crippen LogP) is 5.33. The average molecular weight is 552 g/mol. The van der Waals surface area contributed by atoms with Crippen LogP contribution < -0.4 is 10.5 Å². The molecule has 0 saturated carbocycles. The van der Waals surface area contributed by atoms with E-state index < -0.39 is 17.6 Å². The van der Waals surface area contributed by atoms with Crippen molar-refractivity contribution in [2.24, 2.45) is 0 Å². The van der Waals surface area contributed by atoms with Crippen LogP contribution in [-0.2, 0) is 16.0 Å². The van der Waals surface area contributed by atoms with Crippen molar-refractivity contribution in [1.29, 1.82) is 0 Å². The van der Waals surface area contributed by atoms with Crippen LogP contribution in [-0.4, -0.2) is 60.4 Å². The molecule has 0 aliphatic carbocycles. The quantitative estimate of drug-likeness (QED) is 0.284. The SMILES string of the molecule is CCCCC(C(=O)OC)n1c(=O)c(O)cc2ccc(CCN3CCN(c4cc(F)cc5sccc45)CC3)cc21. The maximum atomic E-state index is 14.2. The van der Waals surface area contributed by atoms with Gasteiger partial charge in [0.2, 0.25) is 0 Å². The Morgan fingerprint density at radius 3 is 2.67 bits per heavy atom. The van der Waals surface area contributed by atoms with Crippen molar-refractivity contribution in [2.45, 2.75) is 38.6 Å². The van der Waals surface area contributed by atoms with Gasteiger partial charge in [-0.05, 0) is 54.1 Å². The second kappa shape index (κ2) is 11.8. The highest BCUT2D eigenvalue weighted by Crippen LogP contribution is 2.32. The molecule has 206 valence electrons. The van der Waals surface area contributed by atoms with Gasteiger partial charge in [0, 0.05) is 53.9 Å². The smallest absolute Gasteiger partial charge is 0.328 e. The van der Waals surface area contributed by atoms with Gasteiger partial charge < -0.3 is 14.7 Å². The zero-order chi connectivity index (χ0) is 27.5. The molecule has 1 aliphatic heterocycles. The minimum Gasteiger partial charge on any atom is -0.503 e. The van der Waals surface area contributed by atoms with E-state index in [1.165, 1.54) is 17.7 Å². The molecule has 1 N–H and O–H groups in total. The number of aromatic nitrogens is 1. The summed E-state index contributed by atoms with van der Waals surface area (Å²) in [7, 11) is 1.32. The Morgan fingerprint density at radius 1 is 1.13 bits per heavy atom. The van der Waals surface area contributed by atoms with Crippen molar-refractivity contribution in [1.82, 2.24) is 9.47 Å². The van der Waals surface area contributed by atoms with E-state index >= 15 is 0 Å². The van der Waals surface area contributed by atoms with Crippen LogP contribution >= 0.6 is 11.3 Å². The summed E-state index contributed by atoms with van der Waals surface area (Å²) >= 11 is 1.56. The monoisotopic (exact) mass is 551 g/mol. The number of thiophene rings is 1. The molecule has 0 amide bonds. The number of hydrogen-bond donors (Lipinski definition) is 1. The lowest BCUT2D eigenvalue weighted by molar-refractivity contribution is -0.144. The van der Waals surface area contributed by atoms with Gasteiger partial charge >= 0.3 is 5.97 Å². The summed E-state index contributed by atoms with van der Waals surface area (Å²) in [6, 6.07) is 11.8. The number of carbonyl (C=O) groups excluding carboxylic acids is 1. The number of unbranched alkanes of at least 4 members (excludes halogenated alkanes) is 1. The summed E-state index contributed by atoms with van der Waals surface area (Å²) in [5, 5.41) is 14.1. The van der Waals surface area contributed by atoms with Crippen LogP contribution in [0, 0.1) is 5.82 Å². The minimum atomic E-state index is -0.794. The fourth-order valence-electron chi connectivity index (χ4n) is 5.49. The van der Waals surface area contributed by atoms with E-state index in [-0.39, 0.29) is 11.6 Å². The van der Waals surface area contributed by atoms with Gasteiger partial charge in [-0.15, -0.1) is 11.3 Å². The summed E-state index contributed by atoms with van der Waals surface area (Å²) in [6.07, 6.45) is 2.86. The van der Waals surface area contributed by atoms with Crippen LogP contribution in [0.1, 0.15) is 37.8 Å². The number of hydrogen-bond acceptors (Lipinski definition) is 7. The molecule has 1 aliphatic rings. The van der Waals surface area contributed by atoms with Gasteiger partial charge in [0.1, 0.15) is 11.9 Å². The molecular formula is C30H34FN3O4S. The van der Waals surface area contributed by atoms with Crippen LogP contribution in [0.3, 0.4) is 0 Å². The molecule has 1 fully saturated rings. The Morgan fingerprint density at radius 2 is 1.92 bits per heavy atom. The molecule has 1 saturated heterocycles. The summed E-state index contributed by atoms with van der Waals surface area (Å²) in [5.41, 5.74) is 2.05. The molecule has 0 spiro atoms. The van der Waals surface area contributed by atoms with Crippen LogP contribution in [0.25, 0.3) is 21.0 Å².